The Morgan fingerprint density at radius 2 is 1.90 bits per heavy atom. The van der Waals surface area contributed by atoms with Crippen molar-refractivity contribution >= 4 is 0 Å². The number of hydrogen-bond acceptors (Lipinski definition) is 1. The van der Waals surface area contributed by atoms with E-state index in [4.69, 9.17) is 0 Å². The number of hydrogen-bond donors (Lipinski definition) is 1. The van der Waals surface area contributed by atoms with Gasteiger partial charge in [-0.2, -0.15) is 0 Å². The minimum Gasteiger partial charge on any atom is -0.392 e. The van der Waals surface area contributed by atoms with Crippen LogP contribution in [-0.4, -0.2) is 11.2 Å². The van der Waals surface area contributed by atoms with Gasteiger partial charge in [0.25, 0.3) is 0 Å². The fourth-order valence-corrected chi connectivity index (χ4v) is 3.30. The quantitative estimate of drug-likeness (QED) is 0.898. The van der Waals surface area contributed by atoms with Crippen LogP contribution in [0.5, 0.6) is 0 Å². The van der Waals surface area contributed by atoms with Crippen molar-refractivity contribution in [1.82, 2.24) is 0 Å². The average Bonchev–Trinajstić information content (AvgIpc) is 2.47. The topological polar surface area (TPSA) is 20.2 Å². The Bertz CT molecular complexity index is 588. The molecular weight excluding hydrogens is 244 g/mol. The molecule has 0 amide bonds. The van der Waals surface area contributed by atoms with E-state index in [-0.39, 0.29) is 6.10 Å². The first-order valence-corrected chi connectivity index (χ1v) is 7.53. The Morgan fingerprint density at radius 3 is 2.70 bits per heavy atom. The van der Waals surface area contributed by atoms with Gasteiger partial charge in [0.1, 0.15) is 0 Å². The van der Waals surface area contributed by atoms with Gasteiger partial charge in [-0.15, -0.1) is 0 Å². The Balaban J connectivity index is 1.68. The third-order valence-electron chi connectivity index (χ3n) is 4.46. The molecule has 0 fully saturated rings. The zero-order chi connectivity index (χ0) is 13.9. The molecule has 1 nitrogen and oxygen atoms in total. The maximum absolute atomic E-state index is 10.5. The maximum atomic E-state index is 10.5. The van der Waals surface area contributed by atoms with Crippen molar-refractivity contribution in [2.45, 2.75) is 38.7 Å². The van der Waals surface area contributed by atoms with Crippen molar-refractivity contribution in [2.24, 2.45) is 5.92 Å². The molecule has 1 aliphatic carbocycles. The van der Waals surface area contributed by atoms with Gasteiger partial charge >= 0.3 is 0 Å². The molecule has 0 aromatic heterocycles. The number of aryl methyl sites for hydroxylation is 2. The molecule has 0 bridgehead atoms. The van der Waals surface area contributed by atoms with Crippen molar-refractivity contribution < 1.29 is 5.11 Å². The molecular formula is C19H22O. The van der Waals surface area contributed by atoms with Crippen molar-refractivity contribution in [2.75, 3.05) is 0 Å². The Kier molecular flexibility index (Phi) is 3.88. The van der Waals surface area contributed by atoms with E-state index in [1.165, 1.54) is 22.3 Å². The SMILES string of the molecule is Cc1cccc(CC(O)C2CCc3ccccc3C2)c1. The molecule has 2 aromatic carbocycles. The molecule has 0 radical (unpaired) electrons. The Labute approximate surface area is 121 Å². The van der Waals surface area contributed by atoms with Crippen LogP contribution in [0.3, 0.4) is 0 Å². The highest BCUT2D eigenvalue weighted by Crippen LogP contribution is 2.28. The molecule has 0 aliphatic heterocycles. The normalized spacial score (nSPS) is 19.4. The second kappa shape index (κ2) is 5.80. The van der Waals surface area contributed by atoms with E-state index in [1.807, 2.05) is 0 Å². The highest BCUT2D eigenvalue weighted by Gasteiger charge is 2.24. The van der Waals surface area contributed by atoms with Crippen LogP contribution in [0.4, 0.5) is 0 Å². The summed E-state index contributed by atoms with van der Waals surface area (Å²) in [4.78, 5) is 0. The van der Waals surface area contributed by atoms with E-state index in [2.05, 4.69) is 55.5 Å². The van der Waals surface area contributed by atoms with Gasteiger partial charge in [0.15, 0.2) is 0 Å². The standard InChI is InChI=1S/C19H22O/c1-14-5-4-6-15(11-14)12-19(20)18-10-9-16-7-2-3-8-17(16)13-18/h2-8,11,18-20H,9-10,12-13H2,1H3. The van der Waals surface area contributed by atoms with Crippen LogP contribution in [0.1, 0.15) is 28.7 Å². The summed E-state index contributed by atoms with van der Waals surface area (Å²) in [6, 6.07) is 17.1. The molecule has 3 rings (SSSR count). The summed E-state index contributed by atoms with van der Waals surface area (Å²) in [6.07, 6.45) is 3.76. The lowest BCUT2D eigenvalue weighted by molar-refractivity contribution is 0.0993. The van der Waals surface area contributed by atoms with Crippen molar-refractivity contribution in [3.63, 3.8) is 0 Å². The number of rotatable bonds is 3. The lowest BCUT2D eigenvalue weighted by Gasteiger charge is -2.28. The lowest BCUT2D eigenvalue weighted by atomic mass is 9.79. The molecule has 2 aromatic rings. The molecule has 0 spiro atoms. The van der Waals surface area contributed by atoms with Crippen molar-refractivity contribution in [3.05, 3.63) is 70.8 Å². The Morgan fingerprint density at radius 1 is 1.10 bits per heavy atom. The van der Waals surface area contributed by atoms with Gasteiger partial charge in [-0.25, -0.2) is 0 Å². The number of benzene rings is 2. The number of fused-ring (bicyclic) bond motifs is 1. The predicted molar refractivity (Wildman–Crippen MR) is 82.8 cm³/mol. The second-order valence-corrected chi connectivity index (χ2v) is 6.03. The first-order valence-electron chi connectivity index (χ1n) is 7.53. The van der Waals surface area contributed by atoms with E-state index >= 15 is 0 Å². The second-order valence-electron chi connectivity index (χ2n) is 6.03. The van der Waals surface area contributed by atoms with Crippen LogP contribution in [-0.2, 0) is 19.3 Å². The number of aliphatic hydroxyl groups is 1. The molecule has 1 aliphatic rings. The minimum atomic E-state index is -0.231. The third-order valence-corrected chi connectivity index (χ3v) is 4.46. The first-order chi connectivity index (χ1) is 9.72. The molecule has 20 heavy (non-hydrogen) atoms. The van der Waals surface area contributed by atoms with Crippen LogP contribution < -0.4 is 0 Å². The van der Waals surface area contributed by atoms with E-state index < -0.39 is 0 Å². The summed E-state index contributed by atoms with van der Waals surface area (Å²) in [5.74, 6) is 0.394. The molecule has 0 saturated carbocycles. The van der Waals surface area contributed by atoms with Gasteiger partial charge < -0.3 is 5.11 Å². The first kappa shape index (κ1) is 13.4. The zero-order valence-corrected chi connectivity index (χ0v) is 12.0. The summed E-state index contributed by atoms with van der Waals surface area (Å²) in [5.41, 5.74) is 5.40. The zero-order valence-electron chi connectivity index (χ0n) is 12.0. The van der Waals surface area contributed by atoms with Gasteiger partial charge in [-0.3, -0.25) is 0 Å². The van der Waals surface area contributed by atoms with Gasteiger partial charge in [0, 0.05) is 0 Å². The highest BCUT2D eigenvalue weighted by molar-refractivity contribution is 5.30. The van der Waals surface area contributed by atoms with Gasteiger partial charge in [0.05, 0.1) is 6.10 Å². The van der Waals surface area contributed by atoms with Crippen LogP contribution in [0.2, 0.25) is 0 Å². The summed E-state index contributed by atoms with van der Waals surface area (Å²) < 4.78 is 0. The summed E-state index contributed by atoms with van der Waals surface area (Å²) in [5, 5.41) is 10.5. The van der Waals surface area contributed by atoms with Crippen molar-refractivity contribution in [3.8, 4) is 0 Å². The van der Waals surface area contributed by atoms with Gasteiger partial charge in [-0.05, 0) is 55.2 Å². The van der Waals surface area contributed by atoms with Crippen LogP contribution in [0.15, 0.2) is 48.5 Å². The molecule has 0 heterocycles. The average molecular weight is 266 g/mol. The van der Waals surface area contributed by atoms with Gasteiger partial charge in [-0.1, -0.05) is 54.1 Å². The van der Waals surface area contributed by atoms with Crippen LogP contribution in [0.25, 0.3) is 0 Å². The van der Waals surface area contributed by atoms with Crippen LogP contribution in [0, 0.1) is 12.8 Å². The molecule has 104 valence electrons. The Hall–Kier alpha value is -1.60. The maximum Gasteiger partial charge on any atom is 0.0612 e. The van der Waals surface area contributed by atoms with Crippen molar-refractivity contribution in [1.29, 1.82) is 0 Å². The largest absolute Gasteiger partial charge is 0.392 e. The molecule has 2 unspecified atom stereocenters. The number of aliphatic hydroxyl groups excluding tert-OH is 1. The van der Waals surface area contributed by atoms with Gasteiger partial charge in [0.2, 0.25) is 0 Å². The van der Waals surface area contributed by atoms with E-state index in [0.29, 0.717) is 5.92 Å². The van der Waals surface area contributed by atoms with E-state index in [1.54, 1.807) is 0 Å². The summed E-state index contributed by atoms with van der Waals surface area (Å²) in [6.45, 7) is 2.10. The van der Waals surface area contributed by atoms with Crippen LogP contribution >= 0.6 is 0 Å². The third kappa shape index (κ3) is 2.94. The monoisotopic (exact) mass is 266 g/mol. The van der Waals surface area contributed by atoms with E-state index in [0.717, 1.165) is 25.7 Å². The predicted octanol–water partition coefficient (Wildman–Crippen LogP) is 3.70. The smallest absolute Gasteiger partial charge is 0.0612 e. The molecule has 1 N–H and O–H groups in total. The molecule has 0 saturated heterocycles. The fraction of sp³-hybridized carbons (Fsp3) is 0.368. The summed E-state index contributed by atoms with van der Waals surface area (Å²) >= 11 is 0. The minimum absolute atomic E-state index is 0.231. The lowest BCUT2D eigenvalue weighted by Crippen LogP contribution is -2.28. The molecule has 2 atom stereocenters. The highest BCUT2D eigenvalue weighted by atomic mass is 16.3. The van der Waals surface area contributed by atoms with E-state index in [9.17, 15) is 5.11 Å². The summed E-state index contributed by atoms with van der Waals surface area (Å²) in [7, 11) is 0. The fourth-order valence-electron chi connectivity index (χ4n) is 3.30. The molecule has 1 heteroatoms.